The molecule has 0 amide bonds. The molecule has 4 heteroatoms. The van der Waals surface area contributed by atoms with Gasteiger partial charge in [-0.2, -0.15) is 0 Å². The quantitative estimate of drug-likeness (QED) is 0.710. The highest BCUT2D eigenvalue weighted by molar-refractivity contribution is 6.34. The van der Waals surface area contributed by atoms with Crippen molar-refractivity contribution in [1.29, 1.82) is 0 Å². The molecule has 0 bridgehead atoms. The molecule has 2 aromatic rings. The van der Waals surface area contributed by atoms with Crippen LogP contribution < -0.4 is 0 Å². The standard InChI is InChI=1S/C16H20Cl2N2/c1-11-5-2-3-7-13(11)20-14-8-4-6-12(18)16(14)19-15(20)9-10-17/h4,6,8,11,13H,2-3,5,7,9-10H2,1H3. The molecular formula is C16H20Cl2N2. The fourth-order valence-corrected chi connectivity index (χ4v) is 3.82. The lowest BCUT2D eigenvalue weighted by atomic mass is 9.85. The van der Waals surface area contributed by atoms with Crippen LogP contribution in [0.25, 0.3) is 11.0 Å². The van der Waals surface area contributed by atoms with Crippen molar-refractivity contribution in [2.45, 2.75) is 45.1 Å². The third-order valence-corrected chi connectivity index (χ3v) is 4.95. The van der Waals surface area contributed by atoms with Crippen LogP contribution in [0.3, 0.4) is 0 Å². The summed E-state index contributed by atoms with van der Waals surface area (Å²) in [6, 6.07) is 6.59. The van der Waals surface area contributed by atoms with Gasteiger partial charge in [0.2, 0.25) is 0 Å². The molecule has 1 aliphatic carbocycles. The SMILES string of the molecule is CC1CCCCC1n1c(CCCl)nc2c(Cl)cccc21. The second kappa shape index (κ2) is 5.95. The van der Waals surface area contributed by atoms with Gasteiger partial charge >= 0.3 is 0 Å². The van der Waals surface area contributed by atoms with Gasteiger partial charge in [-0.05, 0) is 30.9 Å². The van der Waals surface area contributed by atoms with Gasteiger partial charge in [0.25, 0.3) is 0 Å². The Hall–Kier alpha value is -0.730. The topological polar surface area (TPSA) is 17.8 Å². The first kappa shape index (κ1) is 14.2. The van der Waals surface area contributed by atoms with E-state index in [4.69, 9.17) is 28.2 Å². The number of hydrogen-bond donors (Lipinski definition) is 0. The molecule has 0 saturated heterocycles. The number of hydrogen-bond acceptors (Lipinski definition) is 1. The van der Waals surface area contributed by atoms with Crippen molar-refractivity contribution < 1.29 is 0 Å². The first-order valence-corrected chi connectivity index (χ1v) is 8.35. The zero-order valence-corrected chi connectivity index (χ0v) is 13.3. The van der Waals surface area contributed by atoms with Gasteiger partial charge in [0.05, 0.1) is 10.5 Å². The lowest BCUT2D eigenvalue weighted by Gasteiger charge is -2.31. The minimum absolute atomic E-state index is 0.533. The van der Waals surface area contributed by atoms with Gasteiger partial charge in [0.15, 0.2) is 0 Å². The molecule has 1 aromatic carbocycles. The third kappa shape index (κ3) is 2.44. The predicted molar refractivity (Wildman–Crippen MR) is 85.8 cm³/mol. The molecule has 2 nitrogen and oxygen atoms in total. The monoisotopic (exact) mass is 310 g/mol. The first-order chi connectivity index (χ1) is 9.72. The Balaban J connectivity index is 2.15. The molecular weight excluding hydrogens is 291 g/mol. The average molecular weight is 311 g/mol. The van der Waals surface area contributed by atoms with Crippen molar-refractivity contribution in [2.75, 3.05) is 5.88 Å². The maximum atomic E-state index is 6.31. The van der Waals surface area contributed by atoms with Crippen molar-refractivity contribution >= 4 is 34.2 Å². The van der Waals surface area contributed by atoms with Gasteiger partial charge in [-0.1, -0.05) is 37.4 Å². The fourth-order valence-electron chi connectivity index (χ4n) is 3.44. The van der Waals surface area contributed by atoms with E-state index in [0.29, 0.717) is 17.8 Å². The van der Waals surface area contributed by atoms with Crippen molar-refractivity contribution in [3.8, 4) is 0 Å². The number of rotatable bonds is 3. The third-order valence-electron chi connectivity index (χ3n) is 4.46. The summed E-state index contributed by atoms with van der Waals surface area (Å²) >= 11 is 12.3. The highest BCUT2D eigenvalue weighted by Gasteiger charge is 2.26. The summed E-state index contributed by atoms with van der Waals surface area (Å²) in [5.74, 6) is 2.37. The summed E-state index contributed by atoms with van der Waals surface area (Å²) in [4.78, 5) is 4.76. The molecule has 1 aromatic heterocycles. The molecule has 2 atom stereocenters. The Morgan fingerprint density at radius 3 is 2.85 bits per heavy atom. The Morgan fingerprint density at radius 2 is 2.10 bits per heavy atom. The van der Waals surface area contributed by atoms with E-state index < -0.39 is 0 Å². The molecule has 1 aliphatic rings. The zero-order valence-electron chi connectivity index (χ0n) is 11.8. The number of aryl methyl sites for hydroxylation is 1. The van der Waals surface area contributed by atoms with Crippen molar-refractivity contribution in [2.24, 2.45) is 5.92 Å². The number of nitrogens with zero attached hydrogens (tertiary/aromatic N) is 2. The van der Waals surface area contributed by atoms with Crippen LogP contribution in [0.2, 0.25) is 5.02 Å². The Labute approximate surface area is 130 Å². The van der Waals surface area contributed by atoms with Crippen LogP contribution in [0.15, 0.2) is 18.2 Å². The molecule has 1 saturated carbocycles. The van der Waals surface area contributed by atoms with Crippen molar-refractivity contribution in [3.05, 3.63) is 29.0 Å². The summed E-state index contributed by atoms with van der Waals surface area (Å²) in [6.45, 7) is 2.35. The van der Waals surface area contributed by atoms with Crippen LogP contribution in [0.1, 0.15) is 44.5 Å². The van der Waals surface area contributed by atoms with E-state index in [-0.39, 0.29) is 0 Å². The summed E-state index contributed by atoms with van der Waals surface area (Å²) < 4.78 is 2.41. The van der Waals surface area contributed by atoms with Gasteiger partial charge in [-0.3, -0.25) is 0 Å². The molecule has 1 heterocycles. The number of imidazole rings is 1. The largest absolute Gasteiger partial charge is 0.325 e. The number of aromatic nitrogens is 2. The molecule has 20 heavy (non-hydrogen) atoms. The number of alkyl halides is 1. The van der Waals surface area contributed by atoms with Gasteiger partial charge in [0.1, 0.15) is 11.3 Å². The minimum atomic E-state index is 0.533. The van der Waals surface area contributed by atoms with Gasteiger partial charge in [0, 0.05) is 18.3 Å². The van der Waals surface area contributed by atoms with E-state index >= 15 is 0 Å². The molecule has 0 radical (unpaired) electrons. The molecule has 0 aliphatic heterocycles. The minimum Gasteiger partial charge on any atom is -0.325 e. The zero-order chi connectivity index (χ0) is 14.1. The van der Waals surface area contributed by atoms with E-state index in [1.807, 2.05) is 12.1 Å². The van der Waals surface area contributed by atoms with Crippen molar-refractivity contribution in [3.63, 3.8) is 0 Å². The van der Waals surface area contributed by atoms with Crippen LogP contribution >= 0.6 is 23.2 Å². The van der Waals surface area contributed by atoms with Crippen LogP contribution in [0.5, 0.6) is 0 Å². The van der Waals surface area contributed by atoms with Crippen LogP contribution in [-0.4, -0.2) is 15.4 Å². The highest BCUT2D eigenvalue weighted by atomic mass is 35.5. The Bertz CT molecular complexity index is 606. The summed E-state index contributed by atoms with van der Waals surface area (Å²) in [5, 5.41) is 0.737. The second-order valence-corrected chi connectivity index (χ2v) is 6.56. The van der Waals surface area contributed by atoms with Crippen molar-refractivity contribution in [1.82, 2.24) is 9.55 Å². The van der Waals surface area contributed by atoms with E-state index in [9.17, 15) is 0 Å². The maximum absolute atomic E-state index is 6.31. The molecule has 1 fully saturated rings. The predicted octanol–water partition coefficient (Wildman–Crippen LogP) is 5.22. The van der Waals surface area contributed by atoms with Gasteiger partial charge in [-0.25, -0.2) is 4.98 Å². The number of benzene rings is 1. The molecule has 2 unspecified atom stereocenters. The van der Waals surface area contributed by atoms with E-state index in [0.717, 1.165) is 28.3 Å². The van der Waals surface area contributed by atoms with E-state index in [1.165, 1.54) is 25.7 Å². The lowest BCUT2D eigenvalue weighted by molar-refractivity contribution is 0.258. The van der Waals surface area contributed by atoms with Crippen LogP contribution in [0.4, 0.5) is 0 Å². The first-order valence-electron chi connectivity index (χ1n) is 7.43. The lowest BCUT2D eigenvalue weighted by Crippen LogP contribution is -2.23. The maximum Gasteiger partial charge on any atom is 0.111 e. The number of halogens is 2. The van der Waals surface area contributed by atoms with Crippen LogP contribution in [0, 0.1) is 5.92 Å². The van der Waals surface area contributed by atoms with E-state index in [1.54, 1.807) is 0 Å². The molecule has 3 rings (SSSR count). The van der Waals surface area contributed by atoms with E-state index in [2.05, 4.69) is 17.6 Å². The van der Waals surface area contributed by atoms with Gasteiger partial charge in [-0.15, -0.1) is 11.6 Å². The molecule has 0 spiro atoms. The van der Waals surface area contributed by atoms with Crippen LogP contribution in [-0.2, 0) is 6.42 Å². The number of fused-ring (bicyclic) bond motifs is 1. The Morgan fingerprint density at radius 1 is 1.30 bits per heavy atom. The molecule has 108 valence electrons. The summed E-state index contributed by atoms with van der Waals surface area (Å²) in [6.07, 6.45) is 5.97. The smallest absolute Gasteiger partial charge is 0.111 e. The Kier molecular flexibility index (Phi) is 4.23. The van der Waals surface area contributed by atoms with Gasteiger partial charge < -0.3 is 4.57 Å². The molecule has 0 N–H and O–H groups in total. The highest BCUT2D eigenvalue weighted by Crippen LogP contribution is 2.37. The fraction of sp³-hybridized carbons (Fsp3) is 0.562. The average Bonchev–Trinajstić information content (AvgIpc) is 2.80. The summed E-state index contributed by atoms with van der Waals surface area (Å²) in [7, 11) is 0. The second-order valence-electron chi connectivity index (χ2n) is 5.77. The number of para-hydroxylation sites is 1. The normalized spacial score (nSPS) is 23.4. The summed E-state index contributed by atoms with van der Waals surface area (Å²) in [5.41, 5.74) is 2.09.